The topological polar surface area (TPSA) is 84.1 Å². The SMILES string of the molecule is COc1ccc(CCn2nnnc2-c2ccc3c(c2)C(n2ccccc2=O)=CC(C)(C)O3)cc1. The molecule has 172 valence electrons. The molecule has 8 heteroatoms. The van der Waals surface area contributed by atoms with Crippen molar-refractivity contribution in [3.05, 3.63) is 94.4 Å². The predicted molar refractivity (Wildman–Crippen MR) is 129 cm³/mol. The van der Waals surface area contributed by atoms with Crippen LogP contribution in [-0.4, -0.2) is 37.5 Å². The van der Waals surface area contributed by atoms with Crippen molar-refractivity contribution >= 4 is 5.70 Å². The van der Waals surface area contributed by atoms with Crippen LogP contribution in [-0.2, 0) is 13.0 Å². The Kier molecular flexibility index (Phi) is 5.49. The quantitative estimate of drug-likeness (QED) is 0.440. The summed E-state index contributed by atoms with van der Waals surface area (Å²) in [6, 6.07) is 18.9. The molecule has 1 aliphatic heterocycles. The third kappa shape index (κ3) is 4.22. The number of tetrazole rings is 1. The highest BCUT2D eigenvalue weighted by atomic mass is 16.5. The third-order valence-corrected chi connectivity index (χ3v) is 5.76. The fourth-order valence-electron chi connectivity index (χ4n) is 4.09. The number of hydrogen-bond acceptors (Lipinski definition) is 6. The van der Waals surface area contributed by atoms with Gasteiger partial charge >= 0.3 is 0 Å². The first-order valence-electron chi connectivity index (χ1n) is 11.1. The lowest BCUT2D eigenvalue weighted by molar-refractivity contribution is 0.157. The summed E-state index contributed by atoms with van der Waals surface area (Å²) in [7, 11) is 1.65. The molecule has 0 atom stereocenters. The lowest BCUT2D eigenvalue weighted by atomic mass is 9.97. The average molecular weight is 456 g/mol. The van der Waals surface area contributed by atoms with Crippen molar-refractivity contribution < 1.29 is 9.47 Å². The number of aromatic nitrogens is 5. The minimum atomic E-state index is -0.556. The van der Waals surface area contributed by atoms with Crippen LogP contribution < -0.4 is 15.0 Å². The molecule has 0 fully saturated rings. The molecule has 3 heterocycles. The maximum atomic E-state index is 12.6. The molecule has 1 aliphatic rings. The van der Waals surface area contributed by atoms with Gasteiger partial charge in [-0.1, -0.05) is 18.2 Å². The summed E-state index contributed by atoms with van der Waals surface area (Å²) in [4.78, 5) is 12.6. The number of rotatable bonds is 6. The van der Waals surface area contributed by atoms with E-state index in [-0.39, 0.29) is 5.56 Å². The molecule has 0 spiro atoms. The van der Waals surface area contributed by atoms with E-state index in [4.69, 9.17) is 9.47 Å². The minimum absolute atomic E-state index is 0.105. The van der Waals surface area contributed by atoms with Gasteiger partial charge in [0.2, 0.25) is 0 Å². The molecule has 4 aromatic rings. The molecule has 2 aromatic heterocycles. The van der Waals surface area contributed by atoms with E-state index in [1.165, 1.54) is 0 Å². The highest BCUT2D eigenvalue weighted by Crippen LogP contribution is 2.38. The van der Waals surface area contributed by atoms with Crippen molar-refractivity contribution in [2.45, 2.75) is 32.4 Å². The Balaban J connectivity index is 1.48. The Morgan fingerprint density at radius 3 is 2.65 bits per heavy atom. The van der Waals surface area contributed by atoms with Gasteiger partial charge in [0.05, 0.1) is 12.8 Å². The average Bonchev–Trinajstić information content (AvgIpc) is 3.31. The van der Waals surface area contributed by atoms with Gasteiger partial charge in [0.25, 0.3) is 5.56 Å². The summed E-state index contributed by atoms with van der Waals surface area (Å²) in [5.41, 5.74) is 2.94. The Hall–Kier alpha value is -4.20. The van der Waals surface area contributed by atoms with Gasteiger partial charge in [-0.15, -0.1) is 5.10 Å². The molecular weight excluding hydrogens is 430 g/mol. The van der Waals surface area contributed by atoms with Crippen LogP contribution in [0.3, 0.4) is 0 Å². The van der Waals surface area contributed by atoms with Crippen molar-refractivity contribution in [3.8, 4) is 22.9 Å². The Bertz CT molecular complexity index is 1420. The number of benzene rings is 2. The minimum Gasteiger partial charge on any atom is -0.497 e. The fraction of sp³-hybridized carbons (Fsp3) is 0.231. The summed E-state index contributed by atoms with van der Waals surface area (Å²) >= 11 is 0. The fourth-order valence-corrected chi connectivity index (χ4v) is 4.09. The van der Waals surface area contributed by atoms with Crippen molar-refractivity contribution in [2.75, 3.05) is 7.11 Å². The molecule has 0 saturated heterocycles. The maximum absolute atomic E-state index is 12.6. The zero-order chi connectivity index (χ0) is 23.7. The molecule has 0 amide bonds. The molecule has 2 aromatic carbocycles. The van der Waals surface area contributed by atoms with Crippen LogP contribution in [0.25, 0.3) is 17.1 Å². The van der Waals surface area contributed by atoms with Gasteiger partial charge in [0.15, 0.2) is 5.82 Å². The number of fused-ring (bicyclic) bond motifs is 1. The first-order chi connectivity index (χ1) is 16.4. The van der Waals surface area contributed by atoms with Crippen molar-refractivity contribution in [2.24, 2.45) is 0 Å². The van der Waals surface area contributed by atoms with Gasteiger partial charge in [-0.05, 0) is 78.7 Å². The molecule has 5 rings (SSSR count). The monoisotopic (exact) mass is 455 g/mol. The van der Waals surface area contributed by atoms with Crippen LogP contribution in [0.1, 0.15) is 25.0 Å². The number of nitrogens with zero attached hydrogens (tertiary/aromatic N) is 5. The first kappa shape index (κ1) is 21.6. The predicted octanol–water partition coefficient (Wildman–Crippen LogP) is 3.81. The highest BCUT2D eigenvalue weighted by molar-refractivity contribution is 5.77. The molecule has 34 heavy (non-hydrogen) atoms. The summed E-state index contributed by atoms with van der Waals surface area (Å²) < 4.78 is 14.8. The Morgan fingerprint density at radius 2 is 1.88 bits per heavy atom. The first-order valence-corrected chi connectivity index (χ1v) is 11.1. The second-order valence-corrected chi connectivity index (χ2v) is 8.68. The third-order valence-electron chi connectivity index (χ3n) is 5.76. The van der Waals surface area contributed by atoms with Crippen LogP contribution >= 0.6 is 0 Å². The van der Waals surface area contributed by atoms with Gasteiger partial charge in [-0.2, -0.15) is 0 Å². The molecule has 0 N–H and O–H groups in total. The van der Waals surface area contributed by atoms with Crippen LogP contribution in [0.4, 0.5) is 0 Å². The van der Waals surface area contributed by atoms with E-state index in [0.717, 1.165) is 34.6 Å². The molecule has 0 bridgehead atoms. The number of methoxy groups -OCH3 is 1. The van der Waals surface area contributed by atoms with E-state index in [2.05, 4.69) is 15.5 Å². The second kappa shape index (κ2) is 8.62. The van der Waals surface area contributed by atoms with E-state index in [1.54, 1.807) is 34.7 Å². The zero-order valence-corrected chi connectivity index (χ0v) is 19.3. The van der Waals surface area contributed by atoms with E-state index in [1.807, 2.05) is 68.5 Å². The molecule has 0 unspecified atom stereocenters. The van der Waals surface area contributed by atoms with E-state index < -0.39 is 5.60 Å². The van der Waals surface area contributed by atoms with E-state index in [9.17, 15) is 4.79 Å². The number of ether oxygens (including phenoxy) is 2. The summed E-state index contributed by atoms with van der Waals surface area (Å²) in [5.74, 6) is 2.19. The van der Waals surface area contributed by atoms with Crippen LogP contribution in [0, 0.1) is 0 Å². The van der Waals surface area contributed by atoms with Gasteiger partial charge in [0.1, 0.15) is 17.1 Å². The molecular formula is C26H25N5O3. The Morgan fingerprint density at radius 1 is 1.06 bits per heavy atom. The lowest BCUT2D eigenvalue weighted by Crippen LogP contribution is -2.32. The number of aryl methyl sites for hydroxylation is 2. The number of pyridine rings is 1. The molecule has 0 aliphatic carbocycles. The van der Waals surface area contributed by atoms with E-state index >= 15 is 0 Å². The van der Waals surface area contributed by atoms with Gasteiger partial charge in [0, 0.05) is 29.9 Å². The zero-order valence-electron chi connectivity index (χ0n) is 19.3. The summed E-state index contributed by atoms with van der Waals surface area (Å²) in [6.45, 7) is 4.56. The normalized spacial score (nSPS) is 14.1. The second-order valence-electron chi connectivity index (χ2n) is 8.68. The van der Waals surface area contributed by atoms with Crippen molar-refractivity contribution in [1.82, 2.24) is 24.8 Å². The van der Waals surface area contributed by atoms with Crippen LogP contribution in [0.15, 0.2) is 77.7 Å². The van der Waals surface area contributed by atoms with Gasteiger partial charge < -0.3 is 9.47 Å². The molecule has 8 nitrogen and oxygen atoms in total. The van der Waals surface area contributed by atoms with Crippen molar-refractivity contribution in [1.29, 1.82) is 0 Å². The van der Waals surface area contributed by atoms with Gasteiger partial charge in [-0.25, -0.2) is 4.68 Å². The maximum Gasteiger partial charge on any atom is 0.255 e. The largest absolute Gasteiger partial charge is 0.497 e. The summed E-state index contributed by atoms with van der Waals surface area (Å²) in [5, 5.41) is 12.4. The van der Waals surface area contributed by atoms with Crippen LogP contribution in [0.2, 0.25) is 0 Å². The molecule has 0 saturated carbocycles. The standard InChI is InChI=1S/C26H25N5O3/c1-26(2)17-22(30-14-5-4-6-24(30)32)21-16-19(9-12-23(21)34-26)25-27-28-29-31(25)15-13-18-7-10-20(33-3)11-8-18/h4-12,14,16-17H,13,15H2,1-3H3. The molecule has 0 radical (unpaired) electrons. The van der Waals surface area contributed by atoms with Gasteiger partial charge in [-0.3, -0.25) is 9.36 Å². The lowest BCUT2D eigenvalue weighted by Gasteiger charge is -2.31. The Labute approximate surface area is 197 Å². The van der Waals surface area contributed by atoms with Crippen LogP contribution in [0.5, 0.6) is 11.5 Å². The van der Waals surface area contributed by atoms with Crippen molar-refractivity contribution in [3.63, 3.8) is 0 Å². The van der Waals surface area contributed by atoms with E-state index in [0.29, 0.717) is 18.1 Å². The highest BCUT2D eigenvalue weighted by Gasteiger charge is 2.28. The summed E-state index contributed by atoms with van der Waals surface area (Å²) in [6.07, 6.45) is 4.51. The smallest absolute Gasteiger partial charge is 0.255 e. The number of hydrogen-bond donors (Lipinski definition) is 0.